The molecule has 0 spiro atoms. The number of thiophene rings is 1. The van der Waals surface area contributed by atoms with Crippen molar-refractivity contribution in [1.29, 1.82) is 0 Å². The van der Waals surface area contributed by atoms with Gasteiger partial charge in [-0.2, -0.15) is 4.31 Å². The van der Waals surface area contributed by atoms with Gasteiger partial charge in [-0.25, -0.2) is 8.42 Å². The number of sulfonamides is 1. The van der Waals surface area contributed by atoms with Gasteiger partial charge in [0.25, 0.3) is 5.91 Å². The van der Waals surface area contributed by atoms with Crippen LogP contribution in [0.25, 0.3) is 0 Å². The van der Waals surface area contributed by atoms with E-state index < -0.39 is 15.9 Å². The van der Waals surface area contributed by atoms with E-state index >= 15 is 0 Å². The third kappa shape index (κ3) is 4.14. The molecule has 2 N–H and O–H groups in total. The molecule has 2 aromatic rings. The average molecular weight is 448 g/mol. The number of nitrogens with two attached hydrogens (primary N) is 1. The molecule has 0 atom stereocenters. The number of fused-ring (bicyclic) bond motifs is 1. The first kappa shape index (κ1) is 21.0. The van der Waals surface area contributed by atoms with Gasteiger partial charge in [-0.05, 0) is 61.6 Å². The van der Waals surface area contributed by atoms with E-state index in [4.69, 9.17) is 5.73 Å². The minimum Gasteiger partial charge on any atom is -0.366 e. The van der Waals surface area contributed by atoms with Crippen LogP contribution in [0.5, 0.6) is 0 Å². The zero-order chi connectivity index (χ0) is 21.3. The van der Waals surface area contributed by atoms with Crippen molar-refractivity contribution in [2.24, 2.45) is 5.73 Å². The SMILES string of the molecule is NC(=O)c1ccc(S(=O)(=O)N2CCN(C(=O)c3cc4c(s3)CCCCC4)CC2)cc1. The highest BCUT2D eigenvalue weighted by atomic mass is 32.2. The summed E-state index contributed by atoms with van der Waals surface area (Å²) in [5.74, 6) is -0.604. The van der Waals surface area contributed by atoms with Gasteiger partial charge in [-0.1, -0.05) is 6.42 Å². The molecule has 0 saturated carbocycles. The standard InChI is InChI=1S/C21H25N3O4S2/c22-20(25)15-6-8-17(9-7-15)30(27,28)24-12-10-23(11-13-24)21(26)19-14-16-4-2-1-3-5-18(16)29-19/h6-9,14H,1-5,10-13H2,(H2,22,25). The lowest BCUT2D eigenvalue weighted by atomic mass is 10.1. The van der Waals surface area contributed by atoms with E-state index in [0.717, 1.165) is 17.7 Å². The molecule has 1 fully saturated rings. The Morgan fingerprint density at radius 3 is 2.27 bits per heavy atom. The molecule has 2 amide bonds. The summed E-state index contributed by atoms with van der Waals surface area (Å²) in [5, 5.41) is 0. The molecule has 2 heterocycles. The maximum Gasteiger partial charge on any atom is 0.264 e. The molecule has 1 aliphatic heterocycles. The molecule has 0 bridgehead atoms. The first-order chi connectivity index (χ1) is 14.4. The molecule has 0 unspecified atom stereocenters. The molecular formula is C21H25N3O4S2. The van der Waals surface area contributed by atoms with Crippen LogP contribution < -0.4 is 5.73 Å². The highest BCUT2D eigenvalue weighted by molar-refractivity contribution is 7.89. The smallest absolute Gasteiger partial charge is 0.264 e. The molecule has 7 nitrogen and oxygen atoms in total. The zero-order valence-electron chi connectivity index (χ0n) is 16.7. The average Bonchev–Trinajstić information content (AvgIpc) is 3.03. The Morgan fingerprint density at radius 1 is 0.933 bits per heavy atom. The summed E-state index contributed by atoms with van der Waals surface area (Å²) < 4.78 is 27.2. The first-order valence-electron chi connectivity index (χ1n) is 10.2. The summed E-state index contributed by atoms with van der Waals surface area (Å²) >= 11 is 1.60. The van der Waals surface area contributed by atoms with Gasteiger partial charge in [0, 0.05) is 36.6 Å². The van der Waals surface area contributed by atoms with Crippen LogP contribution in [0, 0.1) is 0 Å². The topological polar surface area (TPSA) is 101 Å². The van der Waals surface area contributed by atoms with Gasteiger partial charge < -0.3 is 10.6 Å². The number of hydrogen-bond donors (Lipinski definition) is 1. The minimum atomic E-state index is -3.68. The van der Waals surface area contributed by atoms with Gasteiger partial charge in [-0.3, -0.25) is 9.59 Å². The molecule has 2 aliphatic rings. The van der Waals surface area contributed by atoms with Crippen molar-refractivity contribution in [3.05, 3.63) is 51.2 Å². The van der Waals surface area contributed by atoms with Crippen LogP contribution in [0.4, 0.5) is 0 Å². The molecule has 1 saturated heterocycles. The number of primary amides is 1. The summed E-state index contributed by atoms with van der Waals surface area (Å²) in [4.78, 5) is 28.1. The third-order valence-corrected chi connectivity index (χ3v) is 8.90. The lowest BCUT2D eigenvalue weighted by molar-refractivity contribution is 0.0702. The maximum atomic E-state index is 13.0. The molecule has 1 aromatic heterocycles. The second-order valence-electron chi connectivity index (χ2n) is 7.70. The monoisotopic (exact) mass is 447 g/mol. The highest BCUT2D eigenvalue weighted by Crippen LogP contribution is 2.30. The van der Waals surface area contributed by atoms with Crippen LogP contribution in [0.3, 0.4) is 0 Å². The quantitative estimate of drug-likeness (QED) is 0.727. The van der Waals surface area contributed by atoms with Crippen molar-refractivity contribution >= 4 is 33.2 Å². The number of amides is 2. The molecule has 160 valence electrons. The van der Waals surface area contributed by atoms with Crippen molar-refractivity contribution in [1.82, 2.24) is 9.21 Å². The van der Waals surface area contributed by atoms with Crippen molar-refractivity contribution in [2.45, 2.75) is 37.0 Å². The van der Waals surface area contributed by atoms with Crippen molar-refractivity contribution in [2.75, 3.05) is 26.2 Å². The number of carbonyl (C=O) groups is 2. The van der Waals surface area contributed by atoms with Gasteiger partial charge in [0.1, 0.15) is 0 Å². The number of rotatable bonds is 4. The van der Waals surface area contributed by atoms with Gasteiger partial charge in [0.15, 0.2) is 0 Å². The van der Waals surface area contributed by atoms with E-state index in [1.165, 1.54) is 58.3 Å². The van der Waals surface area contributed by atoms with Crippen molar-refractivity contribution in [3.63, 3.8) is 0 Å². The van der Waals surface area contributed by atoms with Crippen LogP contribution in [0.1, 0.15) is 49.7 Å². The number of piperazine rings is 1. The Kier molecular flexibility index (Phi) is 5.95. The Bertz CT molecular complexity index is 1030. The highest BCUT2D eigenvalue weighted by Gasteiger charge is 2.31. The molecule has 0 radical (unpaired) electrons. The Morgan fingerprint density at radius 2 is 1.60 bits per heavy atom. The van der Waals surface area contributed by atoms with Gasteiger partial charge in [0.05, 0.1) is 9.77 Å². The number of benzene rings is 1. The summed E-state index contributed by atoms with van der Waals surface area (Å²) in [6, 6.07) is 7.65. The number of nitrogens with zero attached hydrogens (tertiary/aromatic N) is 2. The Hall–Kier alpha value is -2.23. The third-order valence-electron chi connectivity index (χ3n) is 5.76. The van der Waals surface area contributed by atoms with Crippen molar-refractivity contribution < 1.29 is 18.0 Å². The Labute approximate surface area is 180 Å². The van der Waals surface area contributed by atoms with E-state index in [1.54, 1.807) is 16.2 Å². The molecule has 4 rings (SSSR count). The predicted octanol–water partition coefficient (Wildman–Crippen LogP) is 2.26. The largest absolute Gasteiger partial charge is 0.366 e. The predicted molar refractivity (Wildman–Crippen MR) is 115 cm³/mol. The fourth-order valence-corrected chi connectivity index (χ4v) is 6.64. The lowest BCUT2D eigenvalue weighted by Gasteiger charge is -2.33. The number of hydrogen-bond acceptors (Lipinski definition) is 5. The normalized spacial score (nSPS) is 17.9. The van der Waals surface area contributed by atoms with Crippen LogP contribution in [0.15, 0.2) is 35.2 Å². The second-order valence-corrected chi connectivity index (χ2v) is 10.8. The minimum absolute atomic E-state index is 0.00377. The van der Waals surface area contributed by atoms with Gasteiger partial charge in [-0.15, -0.1) is 11.3 Å². The fourth-order valence-electron chi connectivity index (χ4n) is 4.00. The van der Waals surface area contributed by atoms with Crippen LogP contribution in [-0.2, 0) is 22.9 Å². The van der Waals surface area contributed by atoms with Crippen molar-refractivity contribution in [3.8, 4) is 0 Å². The van der Waals surface area contributed by atoms with E-state index in [9.17, 15) is 18.0 Å². The molecular weight excluding hydrogens is 422 g/mol. The summed E-state index contributed by atoms with van der Waals surface area (Å²) in [5.41, 5.74) is 6.78. The van der Waals surface area contributed by atoms with E-state index in [2.05, 4.69) is 0 Å². The molecule has 1 aliphatic carbocycles. The van der Waals surface area contributed by atoms with Crippen LogP contribution in [0.2, 0.25) is 0 Å². The molecule has 1 aromatic carbocycles. The van der Waals surface area contributed by atoms with Gasteiger partial charge in [0.2, 0.25) is 15.9 Å². The number of carbonyl (C=O) groups excluding carboxylic acids is 2. The van der Waals surface area contributed by atoms with Crippen LogP contribution in [-0.4, -0.2) is 55.6 Å². The Balaban J connectivity index is 1.42. The zero-order valence-corrected chi connectivity index (χ0v) is 18.3. The lowest BCUT2D eigenvalue weighted by Crippen LogP contribution is -2.50. The summed E-state index contributed by atoms with van der Waals surface area (Å²) in [6.45, 7) is 1.22. The van der Waals surface area contributed by atoms with Gasteiger partial charge >= 0.3 is 0 Å². The first-order valence-corrected chi connectivity index (χ1v) is 12.4. The van der Waals surface area contributed by atoms with Crippen LogP contribution >= 0.6 is 11.3 Å². The number of aryl methyl sites for hydroxylation is 2. The van der Waals surface area contributed by atoms with E-state index in [0.29, 0.717) is 13.1 Å². The van der Waals surface area contributed by atoms with E-state index in [1.807, 2.05) is 6.07 Å². The van der Waals surface area contributed by atoms with E-state index in [-0.39, 0.29) is 29.5 Å². The second kappa shape index (κ2) is 8.49. The fraction of sp³-hybridized carbons (Fsp3) is 0.429. The molecule has 30 heavy (non-hydrogen) atoms. The molecule has 9 heteroatoms. The summed E-state index contributed by atoms with van der Waals surface area (Å²) in [6.07, 6.45) is 5.69. The maximum absolute atomic E-state index is 13.0. The summed E-state index contributed by atoms with van der Waals surface area (Å²) in [7, 11) is -3.68.